The van der Waals surface area contributed by atoms with Crippen LogP contribution in [0.3, 0.4) is 0 Å². The van der Waals surface area contributed by atoms with Crippen molar-refractivity contribution in [2.24, 2.45) is 0 Å². The van der Waals surface area contributed by atoms with Crippen LogP contribution in [0.5, 0.6) is 17.2 Å². The van der Waals surface area contributed by atoms with Crippen LogP contribution in [0.4, 0.5) is 0 Å². The summed E-state index contributed by atoms with van der Waals surface area (Å²) < 4.78 is 0. The smallest absolute Gasteiger partial charge is 0.267 e. The Balaban J connectivity index is 1.83. The number of amides is 1. The Bertz CT molecular complexity index is 1830. The lowest BCUT2D eigenvalue weighted by molar-refractivity contribution is -0.138. The maximum atomic E-state index is 14.3. The summed E-state index contributed by atoms with van der Waals surface area (Å²) in [5, 5.41) is 37.3. The third-order valence-electron chi connectivity index (χ3n) is 10.2. The first-order valence-corrected chi connectivity index (χ1v) is 17.4. The first kappa shape index (κ1) is 37.8. The standard InChI is InChI=1S/C42H59N3O4/c1-23-16-33(40(7,8)9)36(46)26(4)30(23)19-29-20-44(21-31-24(2)17-34(41(10,11)12)37(47)27(31)5)43-45(39(29)49)22-32-25(3)18-35(42(13,14)15)38(48)28(32)6/h16-18,20,43,46-48H,19,21-22H2,1-15H3. The van der Waals surface area contributed by atoms with E-state index in [1.165, 1.54) is 0 Å². The first-order chi connectivity index (χ1) is 22.3. The molecular formula is C42H59N3O4. The van der Waals surface area contributed by atoms with Gasteiger partial charge in [-0.1, -0.05) is 80.5 Å². The molecule has 3 aromatic rings. The van der Waals surface area contributed by atoms with Crippen molar-refractivity contribution in [1.29, 1.82) is 0 Å². The largest absolute Gasteiger partial charge is 0.507 e. The van der Waals surface area contributed by atoms with Gasteiger partial charge < -0.3 is 15.3 Å². The monoisotopic (exact) mass is 669 g/mol. The summed E-state index contributed by atoms with van der Waals surface area (Å²) >= 11 is 0. The van der Waals surface area contributed by atoms with E-state index in [2.05, 4.69) is 80.8 Å². The summed E-state index contributed by atoms with van der Waals surface area (Å²) in [5.41, 5.74) is 14.1. The number of nitrogens with zero attached hydrogens (tertiary/aromatic N) is 2. The number of benzene rings is 3. The highest BCUT2D eigenvalue weighted by Crippen LogP contribution is 2.40. The number of phenols is 3. The van der Waals surface area contributed by atoms with Gasteiger partial charge in [0.25, 0.3) is 5.91 Å². The van der Waals surface area contributed by atoms with E-state index in [1.54, 1.807) is 5.01 Å². The summed E-state index contributed by atoms with van der Waals surface area (Å²) in [6.07, 6.45) is 2.20. The molecule has 266 valence electrons. The highest BCUT2D eigenvalue weighted by molar-refractivity contribution is 5.94. The predicted octanol–water partition coefficient (Wildman–Crippen LogP) is 8.94. The number of nitrogens with one attached hydrogen (secondary N) is 1. The molecule has 0 aliphatic carbocycles. The molecule has 1 heterocycles. The minimum atomic E-state index is -0.238. The number of aryl methyl sites for hydroxylation is 3. The van der Waals surface area contributed by atoms with Gasteiger partial charge in [0.1, 0.15) is 17.2 Å². The van der Waals surface area contributed by atoms with E-state index in [1.807, 2.05) is 58.0 Å². The second kappa shape index (κ2) is 13.1. The van der Waals surface area contributed by atoms with E-state index in [4.69, 9.17) is 0 Å². The fourth-order valence-corrected chi connectivity index (χ4v) is 6.99. The second-order valence-corrected chi connectivity index (χ2v) is 17.3. The fourth-order valence-electron chi connectivity index (χ4n) is 6.99. The fraction of sp³-hybridized carbons (Fsp3) is 0.500. The van der Waals surface area contributed by atoms with Crippen molar-refractivity contribution in [2.75, 3.05) is 0 Å². The van der Waals surface area contributed by atoms with Crippen molar-refractivity contribution in [3.05, 3.63) is 96.7 Å². The molecule has 0 saturated heterocycles. The number of aromatic hydroxyl groups is 3. The third kappa shape index (κ3) is 7.47. The van der Waals surface area contributed by atoms with Gasteiger partial charge in [0.15, 0.2) is 0 Å². The summed E-state index contributed by atoms with van der Waals surface area (Å²) in [5.74, 6) is 0.646. The van der Waals surface area contributed by atoms with Crippen LogP contribution < -0.4 is 5.53 Å². The minimum Gasteiger partial charge on any atom is -0.507 e. The Morgan fingerprint density at radius 3 is 1.31 bits per heavy atom. The van der Waals surface area contributed by atoms with Crippen molar-refractivity contribution in [1.82, 2.24) is 15.6 Å². The maximum absolute atomic E-state index is 14.3. The third-order valence-corrected chi connectivity index (χ3v) is 10.2. The SMILES string of the molecule is Cc1cc(C(C)(C)C)c(O)c(C)c1CC1=CN(Cc2c(C)cc(C(C)(C)C)c(O)c2C)NN(Cc2c(C)cc(C(C)(C)C)c(O)c2C)C1=O. The Morgan fingerprint density at radius 2 is 0.918 bits per heavy atom. The molecule has 7 heteroatoms. The van der Waals surface area contributed by atoms with Crippen LogP contribution in [0.15, 0.2) is 30.0 Å². The number of hydrogen-bond acceptors (Lipinski definition) is 6. The van der Waals surface area contributed by atoms with Gasteiger partial charge in [-0.2, -0.15) is 0 Å². The zero-order chi connectivity index (χ0) is 37.1. The number of carbonyl (C=O) groups excluding carboxylic acids is 1. The van der Waals surface area contributed by atoms with Gasteiger partial charge in [-0.15, -0.1) is 5.53 Å². The van der Waals surface area contributed by atoms with Gasteiger partial charge in [-0.25, -0.2) is 0 Å². The molecule has 3 aromatic carbocycles. The quantitative estimate of drug-likeness (QED) is 0.209. The van der Waals surface area contributed by atoms with Crippen LogP contribution in [0.2, 0.25) is 0 Å². The molecule has 49 heavy (non-hydrogen) atoms. The van der Waals surface area contributed by atoms with Gasteiger partial charge in [-0.3, -0.25) is 14.8 Å². The summed E-state index contributed by atoms with van der Waals surface area (Å²) in [6, 6.07) is 6.13. The van der Waals surface area contributed by atoms with E-state index in [9.17, 15) is 20.1 Å². The van der Waals surface area contributed by atoms with E-state index < -0.39 is 0 Å². The highest BCUT2D eigenvalue weighted by Gasteiger charge is 2.32. The Labute approximate surface area is 294 Å². The topological polar surface area (TPSA) is 96.3 Å². The van der Waals surface area contributed by atoms with E-state index in [0.717, 1.165) is 66.8 Å². The molecule has 0 bridgehead atoms. The number of rotatable bonds is 6. The average molecular weight is 670 g/mol. The molecule has 1 amide bonds. The summed E-state index contributed by atoms with van der Waals surface area (Å²) in [6.45, 7) is 31.3. The van der Waals surface area contributed by atoms with Crippen LogP contribution in [0.25, 0.3) is 0 Å². The number of carbonyl (C=O) groups is 1. The number of hydrazine groups is 2. The molecule has 1 aliphatic heterocycles. The van der Waals surface area contributed by atoms with E-state index in [0.29, 0.717) is 24.3 Å². The lowest BCUT2D eigenvalue weighted by Crippen LogP contribution is -2.54. The molecule has 0 spiro atoms. The average Bonchev–Trinajstić information content (AvgIpc) is 2.97. The summed E-state index contributed by atoms with van der Waals surface area (Å²) in [4.78, 5) is 14.3. The van der Waals surface area contributed by atoms with Crippen molar-refractivity contribution in [3.63, 3.8) is 0 Å². The molecule has 0 saturated carbocycles. The molecule has 0 unspecified atom stereocenters. The Morgan fingerprint density at radius 1 is 0.571 bits per heavy atom. The van der Waals surface area contributed by atoms with Crippen molar-refractivity contribution >= 4 is 5.91 Å². The molecule has 0 radical (unpaired) electrons. The normalized spacial score (nSPS) is 14.5. The molecule has 0 atom stereocenters. The zero-order valence-corrected chi connectivity index (χ0v) is 32.6. The number of phenolic OH excluding ortho intramolecular Hbond substituents is 3. The Kier molecular flexibility index (Phi) is 10.1. The molecule has 4 N–H and O–H groups in total. The molecule has 1 aliphatic rings. The minimum absolute atomic E-state index is 0.174. The van der Waals surface area contributed by atoms with Gasteiger partial charge >= 0.3 is 0 Å². The Hall–Kier alpha value is -3.97. The van der Waals surface area contributed by atoms with Gasteiger partial charge in [-0.05, 0) is 125 Å². The van der Waals surface area contributed by atoms with E-state index >= 15 is 0 Å². The number of hydrogen-bond donors (Lipinski definition) is 4. The van der Waals surface area contributed by atoms with Gasteiger partial charge in [0.05, 0.1) is 13.1 Å². The molecule has 7 nitrogen and oxygen atoms in total. The van der Waals surface area contributed by atoms with Crippen LogP contribution in [0.1, 0.15) is 129 Å². The highest BCUT2D eigenvalue weighted by atomic mass is 16.3. The predicted molar refractivity (Wildman–Crippen MR) is 200 cm³/mol. The van der Waals surface area contributed by atoms with Crippen LogP contribution in [-0.4, -0.2) is 31.2 Å². The molecule has 0 aromatic heterocycles. The van der Waals surface area contributed by atoms with Crippen molar-refractivity contribution in [2.45, 2.75) is 140 Å². The van der Waals surface area contributed by atoms with E-state index in [-0.39, 0.29) is 40.2 Å². The van der Waals surface area contributed by atoms with Crippen LogP contribution in [0, 0.1) is 41.5 Å². The van der Waals surface area contributed by atoms with Crippen LogP contribution in [-0.2, 0) is 40.5 Å². The van der Waals surface area contributed by atoms with Crippen molar-refractivity contribution < 1.29 is 20.1 Å². The van der Waals surface area contributed by atoms with Gasteiger partial charge in [0, 0.05) is 18.2 Å². The van der Waals surface area contributed by atoms with Crippen molar-refractivity contribution in [3.8, 4) is 17.2 Å². The van der Waals surface area contributed by atoms with Gasteiger partial charge in [0.2, 0.25) is 0 Å². The maximum Gasteiger partial charge on any atom is 0.267 e. The molecular weight excluding hydrogens is 610 g/mol. The molecule has 0 fully saturated rings. The zero-order valence-electron chi connectivity index (χ0n) is 32.6. The lowest BCUT2D eigenvalue weighted by Gasteiger charge is -2.38. The molecule has 4 rings (SSSR count). The summed E-state index contributed by atoms with van der Waals surface area (Å²) in [7, 11) is 0. The second-order valence-electron chi connectivity index (χ2n) is 17.3. The lowest BCUT2D eigenvalue weighted by atomic mass is 9.81. The van der Waals surface area contributed by atoms with Crippen LogP contribution >= 0.6 is 0 Å². The first-order valence-electron chi connectivity index (χ1n) is 17.4.